The van der Waals surface area contributed by atoms with Crippen LogP contribution in [0.1, 0.15) is 43.0 Å². The van der Waals surface area contributed by atoms with Crippen LogP contribution in [-0.2, 0) is 17.4 Å². The van der Waals surface area contributed by atoms with Crippen molar-refractivity contribution in [1.29, 1.82) is 0 Å². The van der Waals surface area contributed by atoms with E-state index in [0.29, 0.717) is 47.4 Å². The van der Waals surface area contributed by atoms with Crippen molar-refractivity contribution in [2.45, 2.75) is 46.7 Å². The molecule has 172 valence electrons. The molecule has 1 N–H and O–H groups in total. The van der Waals surface area contributed by atoms with Gasteiger partial charge in [-0.3, -0.25) is 4.79 Å². The molecule has 2 aromatic heterocycles. The molecule has 2 heterocycles. The van der Waals surface area contributed by atoms with E-state index in [1.807, 2.05) is 13.8 Å². The van der Waals surface area contributed by atoms with Crippen LogP contribution in [0.5, 0.6) is 11.5 Å². The highest BCUT2D eigenvalue weighted by Gasteiger charge is 2.37. The quantitative estimate of drug-likeness (QED) is 0.554. The smallest absolute Gasteiger partial charge is 0.453 e. The summed E-state index contributed by atoms with van der Waals surface area (Å²) in [4.78, 5) is 20.2. The predicted octanol–water partition coefficient (Wildman–Crippen LogP) is 4.13. The van der Waals surface area contributed by atoms with E-state index in [0.717, 1.165) is 4.52 Å². The average Bonchev–Trinajstić information content (AvgIpc) is 3.15. The summed E-state index contributed by atoms with van der Waals surface area (Å²) >= 11 is 0. The number of nitrogens with zero attached hydrogens (tertiary/aromatic N) is 4. The number of carbonyl (C=O) groups is 1. The molecule has 0 radical (unpaired) electrons. The maximum Gasteiger partial charge on any atom is 0.453 e. The molecular weight excluding hydrogens is 427 g/mol. The topological polar surface area (TPSA) is 90.6 Å². The van der Waals surface area contributed by atoms with Crippen molar-refractivity contribution in [3.8, 4) is 11.5 Å². The van der Waals surface area contributed by atoms with Gasteiger partial charge in [-0.1, -0.05) is 0 Å². The number of aromatic nitrogens is 4. The third-order valence-corrected chi connectivity index (χ3v) is 4.74. The number of amides is 1. The highest BCUT2D eigenvalue weighted by Crippen LogP contribution is 2.30. The number of ether oxygens (including phenoxy) is 2. The number of rotatable bonds is 8. The summed E-state index contributed by atoms with van der Waals surface area (Å²) in [5.74, 6) is -0.552. The van der Waals surface area contributed by atoms with Crippen LogP contribution in [0.25, 0.3) is 5.78 Å². The fourth-order valence-corrected chi connectivity index (χ4v) is 3.29. The first-order chi connectivity index (χ1) is 15.1. The molecule has 0 spiro atoms. The molecule has 3 aromatic rings. The minimum atomic E-state index is -4.66. The van der Waals surface area contributed by atoms with E-state index in [1.54, 1.807) is 32.0 Å². The molecule has 0 fully saturated rings. The number of benzene rings is 1. The summed E-state index contributed by atoms with van der Waals surface area (Å²) in [6.45, 7) is 7.90. The molecule has 0 saturated carbocycles. The number of halogens is 3. The number of carbonyl (C=O) groups excluding carboxylic acids is 1. The van der Waals surface area contributed by atoms with Gasteiger partial charge in [-0.25, -0.2) is 9.50 Å². The maximum atomic E-state index is 12.9. The third kappa shape index (κ3) is 5.09. The van der Waals surface area contributed by atoms with Crippen LogP contribution in [0.15, 0.2) is 18.2 Å². The van der Waals surface area contributed by atoms with Crippen molar-refractivity contribution in [2.75, 3.05) is 18.5 Å². The highest BCUT2D eigenvalue weighted by molar-refractivity contribution is 5.92. The van der Waals surface area contributed by atoms with Gasteiger partial charge in [0.2, 0.25) is 5.91 Å². The minimum absolute atomic E-state index is 0.0835. The molecule has 0 aliphatic carbocycles. The Morgan fingerprint density at radius 1 is 1.12 bits per heavy atom. The first-order valence-electron chi connectivity index (χ1n) is 10.1. The lowest BCUT2D eigenvalue weighted by Crippen LogP contribution is -2.15. The van der Waals surface area contributed by atoms with Crippen LogP contribution in [0.3, 0.4) is 0 Å². The van der Waals surface area contributed by atoms with E-state index in [-0.39, 0.29) is 24.5 Å². The molecule has 1 amide bonds. The molecule has 0 unspecified atom stereocenters. The van der Waals surface area contributed by atoms with Crippen LogP contribution in [0, 0.1) is 13.8 Å². The van der Waals surface area contributed by atoms with Gasteiger partial charge in [-0.05, 0) is 51.8 Å². The van der Waals surface area contributed by atoms with Gasteiger partial charge in [0.25, 0.3) is 11.6 Å². The Labute approximate surface area is 182 Å². The normalized spacial score (nSPS) is 11.6. The Hall–Kier alpha value is -3.37. The molecule has 0 saturated heterocycles. The summed E-state index contributed by atoms with van der Waals surface area (Å²) < 4.78 is 50.9. The van der Waals surface area contributed by atoms with Crippen molar-refractivity contribution in [2.24, 2.45) is 0 Å². The van der Waals surface area contributed by atoms with E-state index < -0.39 is 12.0 Å². The van der Waals surface area contributed by atoms with Crippen LogP contribution < -0.4 is 14.8 Å². The van der Waals surface area contributed by atoms with Gasteiger partial charge < -0.3 is 14.8 Å². The van der Waals surface area contributed by atoms with Crippen molar-refractivity contribution < 1.29 is 27.4 Å². The second kappa shape index (κ2) is 9.41. The molecule has 32 heavy (non-hydrogen) atoms. The van der Waals surface area contributed by atoms with Crippen molar-refractivity contribution >= 4 is 17.4 Å². The van der Waals surface area contributed by atoms with Gasteiger partial charge in [0.1, 0.15) is 11.5 Å². The second-order valence-electron chi connectivity index (χ2n) is 6.98. The number of hydrogen-bond donors (Lipinski definition) is 1. The van der Waals surface area contributed by atoms with Gasteiger partial charge in [0.15, 0.2) is 0 Å². The lowest BCUT2D eigenvalue weighted by atomic mass is 10.1. The van der Waals surface area contributed by atoms with Crippen LogP contribution in [0.2, 0.25) is 0 Å². The summed E-state index contributed by atoms with van der Waals surface area (Å²) in [6.07, 6.45) is -4.31. The molecule has 1 aromatic carbocycles. The molecule has 11 heteroatoms. The summed E-state index contributed by atoms with van der Waals surface area (Å²) in [7, 11) is 0. The molecule has 0 atom stereocenters. The number of alkyl halides is 3. The summed E-state index contributed by atoms with van der Waals surface area (Å²) in [5, 5.41) is 6.34. The largest absolute Gasteiger partial charge is 0.494 e. The van der Waals surface area contributed by atoms with Gasteiger partial charge in [-0.2, -0.15) is 18.2 Å². The Kier molecular flexibility index (Phi) is 6.85. The monoisotopic (exact) mass is 451 g/mol. The van der Waals surface area contributed by atoms with Crippen molar-refractivity contribution in [1.82, 2.24) is 19.6 Å². The zero-order valence-electron chi connectivity index (χ0n) is 18.2. The average molecular weight is 451 g/mol. The van der Waals surface area contributed by atoms with E-state index in [4.69, 9.17) is 9.47 Å². The fourth-order valence-electron chi connectivity index (χ4n) is 3.29. The molecule has 0 aliphatic heterocycles. The summed E-state index contributed by atoms with van der Waals surface area (Å²) in [6, 6.07) is 5.16. The number of nitrogens with one attached hydrogen (secondary N) is 1. The van der Waals surface area contributed by atoms with Gasteiger partial charge in [0, 0.05) is 23.9 Å². The first kappa shape index (κ1) is 23.3. The third-order valence-electron chi connectivity index (χ3n) is 4.74. The van der Waals surface area contributed by atoms with Crippen LogP contribution in [-0.4, -0.2) is 38.7 Å². The lowest BCUT2D eigenvalue weighted by Gasteiger charge is -2.14. The lowest BCUT2D eigenvalue weighted by molar-refractivity contribution is -0.144. The van der Waals surface area contributed by atoms with Gasteiger partial charge in [-0.15, -0.1) is 5.10 Å². The molecule has 0 aliphatic rings. The predicted molar refractivity (Wildman–Crippen MR) is 111 cm³/mol. The highest BCUT2D eigenvalue weighted by atomic mass is 19.4. The molecule has 8 nitrogen and oxygen atoms in total. The molecule has 3 rings (SSSR count). The second-order valence-corrected chi connectivity index (χ2v) is 6.98. The molecule has 0 bridgehead atoms. The van der Waals surface area contributed by atoms with E-state index >= 15 is 0 Å². The van der Waals surface area contributed by atoms with E-state index in [1.165, 1.54) is 0 Å². The minimum Gasteiger partial charge on any atom is -0.494 e. The number of anilines is 1. The number of aryl methyl sites for hydroxylation is 2. The number of hydrogen-bond acceptors (Lipinski definition) is 6. The standard InChI is InChI=1S/C21H24F3N5O3/c1-5-31-14-7-9-17(32-6-2)16(11-14)26-18(30)10-8-15-12(3)25-20-27-19(21(22,23)24)28-29(20)13(15)4/h7,9,11H,5-6,8,10H2,1-4H3,(H,26,30). The maximum absolute atomic E-state index is 12.9. The van der Waals surface area contributed by atoms with Crippen molar-refractivity contribution in [3.63, 3.8) is 0 Å². The van der Waals surface area contributed by atoms with Gasteiger partial charge in [0.05, 0.1) is 18.9 Å². The Bertz CT molecular complexity index is 1130. The Morgan fingerprint density at radius 3 is 2.50 bits per heavy atom. The molecular formula is C21H24F3N5O3. The summed E-state index contributed by atoms with van der Waals surface area (Å²) in [5.41, 5.74) is 2.07. The van der Waals surface area contributed by atoms with Crippen molar-refractivity contribution in [3.05, 3.63) is 41.0 Å². The van der Waals surface area contributed by atoms with Crippen LogP contribution >= 0.6 is 0 Å². The van der Waals surface area contributed by atoms with Gasteiger partial charge >= 0.3 is 6.18 Å². The SMILES string of the molecule is CCOc1ccc(OCC)c(NC(=O)CCc2c(C)nc3nc(C(F)(F)F)nn3c2C)c1. The van der Waals surface area contributed by atoms with E-state index in [9.17, 15) is 18.0 Å². The first-order valence-corrected chi connectivity index (χ1v) is 10.1. The Balaban J connectivity index is 1.78. The number of fused-ring (bicyclic) bond motifs is 1. The zero-order chi connectivity index (χ0) is 23.5. The fraction of sp³-hybridized carbons (Fsp3) is 0.429. The Morgan fingerprint density at radius 2 is 1.84 bits per heavy atom. The zero-order valence-corrected chi connectivity index (χ0v) is 18.2. The van der Waals surface area contributed by atoms with E-state index in [2.05, 4.69) is 20.4 Å². The van der Waals surface area contributed by atoms with Crippen LogP contribution in [0.4, 0.5) is 18.9 Å².